The third-order valence-corrected chi connectivity index (χ3v) is 4.84. The molecular formula is C19H22O6. The molecule has 0 radical (unpaired) electrons. The first-order valence-corrected chi connectivity index (χ1v) is 8.29. The number of carbonyl (C=O) groups is 2. The Hall–Kier alpha value is -2.34. The zero-order valence-corrected chi connectivity index (χ0v) is 14.5. The Labute approximate surface area is 146 Å². The first-order chi connectivity index (χ1) is 12.1. The highest BCUT2D eigenvalue weighted by Gasteiger charge is 2.51. The van der Waals surface area contributed by atoms with Gasteiger partial charge in [-0.3, -0.25) is 9.59 Å². The van der Waals surface area contributed by atoms with Gasteiger partial charge in [0.15, 0.2) is 17.3 Å². The molecule has 0 bridgehead atoms. The van der Waals surface area contributed by atoms with E-state index in [0.29, 0.717) is 50.6 Å². The standard InChI is InChI=1S/C19H22O6/c1-22-15-4-3-13(9-16(15)23-2)11-24-12-14-5-6-19(17(20)10-14)7-8-25-18(19)21/h3-4,9-10H,5-8,11-12H2,1-2H3/t19-/m1/s1. The van der Waals surface area contributed by atoms with Crippen LogP contribution in [0.1, 0.15) is 24.8 Å². The number of esters is 1. The van der Waals surface area contributed by atoms with Crippen molar-refractivity contribution in [1.82, 2.24) is 0 Å². The minimum absolute atomic E-state index is 0.147. The van der Waals surface area contributed by atoms with Crippen molar-refractivity contribution in [2.24, 2.45) is 5.41 Å². The molecule has 1 saturated heterocycles. The first-order valence-electron chi connectivity index (χ1n) is 8.29. The van der Waals surface area contributed by atoms with Crippen molar-refractivity contribution < 1.29 is 28.5 Å². The van der Waals surface area contributed by atoms with Crippen molar-refractivity contribution in [3.63, 3.8) is 0 Å². The maximum absolute atomic E-state index is 12.4. The van der Waals surface area contributed by atoms with Gasteiger partial charge in [0.05, 0.1) is 34.0 Å². The summed E-state index contributed by atoms with van der Waals surface area (Å²) in [6, 6.07) is 5.60. The largest absolute Gasteiger partial charge is 0.493 e. The van der Waals surface area contributed by atoms with E-state index in [1.54, 1.807) is 20.3 Å². The molecule has 134 valence electrons. The number of hydrogen-bond acceptors (Lipinski definition) is 6. The average molecular weight is 346 g/mol. The van der Waals surface area contributed by atoms with Crippen molar-refractivity contribution in [1.29, 1.82) is 0 Å². The second-order valence-corrected chi connectivity index (χ2v) is 6.32. The number of benzene rings is 1. The molecule has 1 aromatic carbocycles. The van der Waals surface area contributed by atoms with Crippen LogP contribution < -0.4 is 9.47 Å². The number of cyclic esters (lactones) is 1. The van der Waals surface area contributed by atoms with Crippen molar-refractivity contribution in [2.45, 2.75) is 25.9 Å². The molecular weight excluding hydrogens is 324 g/mol. The SMILES string of the molecule is COc1ccc(COCC2=CC(=O)[C@]3(CCOC3=O)CC2)cc1OC. The fourth-order valence-electron chi connectivity index (χ4n) is 3.29. The molecule has 1 aliphatic carbocycles. The summed E-state index contributed by atoms with van der Waals surface area (Å²) in [5.74, 6) is 0.794. The lowest BCUT2D eigenvalue weighted by Gasteiger charge is -2.26. The number of ether oxygens (including phenoxy) is 4. The predicted octanol–water partition coefficient (Wildman–Crippen LogP) is 2.44. The number of methoxy groups -OCH3 is 2. The van der Waals surface area contributed by atoms with Crippen LogP contribution in [0.3, 0.4) is 0 Å². The molecule has 1 atom stereocenters. The monoisotopic (exact) mass is 346 g/mol. The number of carbonyl (C=O) groups excluding carboxylic acids is 2. The zero-order valence-electron chi connectivity index (χ0n) is 14.5. The number of allylic oxidation sites excluding steroid dienone is 1. The number of hydrogen-bond donors (Lipinski definition) is 0. The van der Waals surface area contributed by atoms with Crippen LogP contribution in [0.25, 0.3) is 0 Å². The summed E-state index contributed by atoms with van der Waals surface area (Å²) in [6.07, 6.45) is 3.23. The van der Waals surface area contributed by atoms with Crippen molar-refractivity contribution in [3.05, 3.63) is 35.4 Å². The molecule has 0 aromatic heterocycles. The molecule has 1 aromatic rings. The fraction of sp³-hybridized carbons (Fsp3) is 0.474. The van der Waals surface area contributed by atoms with Gasteiger partial charge in [-0.25, -0.2) is 0 Å². The van der Waals surface area contributed by atoms with Gasteiger partial charge in [-0.1, -0.05) is 6.07 Å². The molecule has 1 fully saturated rings. The Kier molecular flexibility index (Phi) is 5.08. The zero-order chi connectivity index (χ0) is 17.9. The maximum atomic E-state index is 12.4. The lowest BCUT2D eigenvalue weighted by atomic mass is 9.73. The smallest absolute Gasteiger partial charge is 0.320 e. The molecule has 0 unspecified atom stereocenters. The maximum Gasteiger partial charge on any atom is 0.320 e. The minimum Gasteiger partial charge on any atom is -0.493 e. The van der Waals surface area contributed by atoms with Crippen molar-refractivity contribution in [2.75, 3.05) is 27.4 Å². The van der Waals surface area contributed by atoms with Gasteiger partial charge in [0.25, 0.3) is 0 Å². The summed E-state index contributed by atoms with van der Waals surface area (Å²) >= 11 is 0. The van der Waals surface area contributed by atoms with Gasteiger partial charge in [-0.2, -0.15) is 0 Å². The molecule has 0 amide bonds. The molecule has 6 heteroatoms. The van der Waals surface area contributed by atoms with Gasteiger partial charge >= 0.3 is 5.97 Å². The average Bonchev–Trinajstić information content (AvgIpc) is 2.99. The van der Waals surface area contributed by atoms with Crippen LogP contribution in [-0.4, -0.2) is 39.2 Å². The van der Waals surface area contributed by atoms with Crippen LogP contribution in [0, 0.1) is 5.41 Å². The van der Waals surface area contributed by atoms with E-state index in [-0.39, 0.29) is 11.8 Å². The van der Waals surface area contributed by atoms with E-state index in [4.69, 9.17) is 18.9 Å². The first kappa shape index (κ1) is 17.5. The van der Waals surface area contributed by atoms with Crippen LogP contribution >= 0.6 is 0 Å². The molecule has 3 rings (SSSR count). The van der Waals surface area contributed by atoms with Crippen LogP contribution in [0.4, 0.5) is 0 Å². The lowest BCUT2D eigenvalue weighted by molar-refractivity contribution is -0.150. The van der Waals surface area contributed by atoms with Gasteiger partial charge in [-0.05, 0) is 42.2 Å². The van der Waals surface area contributed by atoms with E-state index in [0.717, 1.165) is 11.1 Å². The number of rotatable bonds is 6. The topological polar surface area (TPSA) is 71.1 Å². The summed E-state index contributed by atoms with van der Waals surface area (Å²) in [7, 11) is 3.18. The van der Waals surface area contributed by atoms with E-state index in [2.05, 4.69) is 0 Å². The Morgan fingerprint density at radius 2 is 1.88 bits per heavy atom. The Balaban J connectivity index is 1.57. The van der Waals surface area contributed by atoms with E-state index < -0.39 is 5.41 Å². The Morgan fingerprint density at radius 1 is 1.08 bits per heavy atom. The molecule has 25 heavy (non-hydrogen) atoms. The minimum atomic E-state index is -0.938. The van der Waals surface area contributed by atoms with Gasteiger partial charge in [0, 0.05) is 6.42 Å². The molecule has 1 heterocycles. The summed E-state index contributed by atoms with van der Waals surface area (Å²) in [5, 5.41) is 0. The molecule has 1 spiro atoms. The number of ketones is 1. The Bertz CT molecular complexity index is 708. The third kappa shape index (κ3) is 3.39. The van der Waals surface area contributed by atoms with Crippen LogP contribution in [0.5, 0.6) is 11.5 Å². The Morgan fingerprint density at radius 3 is 2.52 bits per heavy atom. The molecule has 6 nitrogen and oxygen atoms in total. The summed E-state index contributed by atoms with van der Waals surface area (Å²) in [6.45, 7) is 1.10. The van der Waals surface area contributed by atoms with E-state index in [1.807, 2.05) is 18.2 Å². The quantitative estimate of drug-likeness (QED) is 0.582. The predicted molar refractivity (Wildman–Crippen MR) is 89.5 cm³/mol. The summed E-state index contributed by atoms with van der Waals surface area (Å²) in [5.41, 5.74) is 0.930. The van der Waals surface area contributed by atoms with Crippen LogP contribution in [0.2, 0.25) is 0 Å². The second-order valence-electron chi connectivity index (χ2n) is 6.32. The highest BCUT2D eigenvalue weighted by Crippen LogP contribution is 2.40. The molecule has 0 saturated carbocycles. The van der Waals surface area contributed by atoms with Crippen LogP contribution in [0.15, 0.2) is 29.8 Å². The van der Waals surface area contributed by atoms with Gasteiger partial charge in [0.2, 0.25) is 0 Å². The van der Waals surface area contributed by atoms with E-state index in [9.17, 15) is 9.59 Å². The normalized spacial score (nSPS) is 22.7. The van der Waals surface area contributed by atoms with E-state index in [1.165, 1.54) is 0 Å². The van der Waals surface area contributed by atoms with Gasteiger partial charge in [-0.15, -0.1) is 0 Å². The van der Waals surface area contributed by atoms with Gasteiger partial charge in [0.1, 0.15) is 5.41 Å². The highest BCUT2D eigenvalue weighted by atomic mass is 16.5. The van der Waals surface area contributed by atoms with E-state index >= 15 is 0 Å². The second kappa shape index (κ2) is 7.27. The molecule has 1 aliphatic heterocycles. The summed E-state index contributed by atoms with van der Waals surface area (Å²) < 4.78 is 21.2. The third-order valence-electron chi connectivity index (χ3n) is 4.84. The molecule has 0 N–H and O–H groups in total. The fourth-order valence-corrected chi connectivity index (χ4v) is 3.29. The van der Waals surface area contributed by atoms with Crippen LogP contribution in [-0.2, 0) is 25.7 Å². The highest BCUT2D eigenvalue weighted by molar-refractivity contribution is 6.11. The summed E-state index contributed by atoms with van der Waals surface area (Å²) in [4.78, 5) is 24.2. The van der Waals surface area contributed by atoms with Crippen molar-refractivity contribution >= 4 is 11.8 Å². The van der Waals surface area contributed by atoms with Gasteiger partial charge < -0.3 is 18.9 Å². The van der Waals surface area contributed by atoms with Crippen molar-refractivity contribution in [3.8, 4) is 11.5 Å². The lowest BCUT2D eigenvalue weighted by Crippen LogP contribution is -2.37. The molecule has 2 aliphatic rings.